The van der Waals surface area contributed by atoms with Gasteiger partial charge in [0.2, 0.25) is 0 Å². The number of nitrogens with zero attached hydrogens (tertiary/aromatic N) is 1. The fraction of sp³-hybridized carbons (Fsp3) is 0.556. The van der Waals surface area contributed by atoms with E-state index in [1.165, 1.54) is 45.1 Å². The monoisotopic (exact) mass is 501 g/mol. The molecule has 4 N–H and O–H groups in total. The molecule has 2 unspecified atom stereocenters. The summed E-state index contributed by atoms with van der Waals surface area (Å²) in [4.78, 5) is 22.3. The summed E-state index contributed by atoms with van der Waals surface area (Å²) < 4.78 is 11.1. The number of aliphatic hydroxyl groups excluding tert-OH is 2. The zero-order valence-electron chi connectivity index (χ0n) is 20.5. The van der Waals surface area contributed by atoms with Gasteiger partial charge in [-0.2, -0.15) is 0 Å². The summed E-state index contributed by atoms with van der Waals surface area (Å²) in [6.07, 6.45) is 6.31. The van der Waals surface area contributed by atoms with E-state index in [4.69, 9.17) is 29.6 Å². The highest BCUT2D eigenvalue weighted by Crippen LogP contribution is 2.56. The summed E-state index contributed by atoms with van der Waals surface area (Å²) in [5.74, 6) is -0.585. The fourth-order valence-electron chi connectivity index (χ4n) is 6.45. The highest BCUT2D eigenvalue weighted by Gasteiger charge is 2.53. The van der Waals surface area contributed by atoms with Crippen LogP contribution in [-0.4, -0.2) is 75.7 Å². The lowest BCUT2D eigenvalue weighted by Gasteiger charge is -2.59. The Morgan fingerprint density at radius 3 is 2.53 bits per heavy atom. The molecule has 0 radical (unpaired) electrons. The molecular weight excluding hydrogens is 466 g/mol. The molecule has 2 heterocycles. The summed E-state index contributed by atoms with van der Waals surface area (Å²) in [7, 11) is 1.79. The van der Waals surface area contributed by atoms with Crippen LogP contribution in [0.5, 0.6) is 5.75 Å². The van der Waals surface area contributed by atoms with Crippen LogP contribution in [0.2, 0.25) is 0 Å². The van der Waals surface area contributed by atoms with Crippen molar-refractivity contribution in [2.45, 2.75) is 68.6 Å². The fourth-order valence-corrected chi connectivity index (χ4v) is 6.45. The average Bonchev–Trinajstić information content (AvgIpc) is 3.41. The van der Waals surface area contributed by atoms with Crippen molar-refractivity contribution in [2.75, 3.05) is 20.2 Å². The first-order valence-electron chi connectivity index (χ1n) is 12.5. The number of carboxylic acids is 2. The number of benzene rings is 1. The Morgan fingerprint density at radius 1 is 1.14 bits per heavy atom. The van der Waals surface area contributed by atoms with E-state index in [-0.39, 0.29) is 0 Å². The number of aliphatic carboxylic acids is 2. The SMILES string of the molecule is COc1ccc2c(c1)[C@@]13CCCC[C@H]1[C@@H](C2)N(CCc1ccco1)CC3.O=C(O)C(O)C(O)C(=O)O. The lowest BCUT2D eigenvalue weighted by atomic mass is 9.52. The standard InChI is InChI=1S/C23H29NO2.C4H6O6/c1-25-19-8-7-17-15-22-20-6-2-3-10-23(20,21(17)16-19)11-13-24(22)12-9-18-5-4-14-26-18;5-1(3(7)8)2(6)4(9)10/h4-5,7-8,14,16,20,22H,2-3,6,9-13,15H2,1H3;1-2,5-6H,(H,7,8)(H,9,10)/t20-,22+,23+;/m0./s1. The summed E-state index contributed by atoms with van der Waals surface area (Å²) in [5, 5.41) is 32.5. The van der Waals surface area contributed by atoms with E-state index in [9.17, 15) is 9.59 Å². The zero-order valence-corrected chi connectivity index (χ0v) is 20.5. The van der Waals surface area contributed by atoms with E-state index >= 15 is 0 Å². The highest BCUT2D eigenvalue weighted by molar-refractivity contribution is 5.83. The molecule has 36 heavy (non-hydrogen) atoms. The van der Waals surface area contributed by atoms with E-state index in [2.05, 4.69) is 29.2 Å². The maximum Gasteiger partial charge on any atom is 0.335 e. The first-order chi connectivity index (χ1) is 17.3. The van der Waals surface area contributed by atoms with Gasteiger partial charge in [-0.25, -0.2) is 9.59 Å². The van der Waals surface area contributed by atoms with E-state index < -0.39 is 24.1 Å². The van der Waals surface area contributed by atoms with Gasteiger partial charge in [0.05, 0.1) is 13.4 Å². The van der Waals surface area contributed by atoms with Gasteiger partial charge in [0.15, 0.2) is 12.2 Å². The van der Waals surface area contributed by atoms with Gasteiger partial charge in [0.1, 0.15) is 11.5 Å². The number of piperidine rings is 1. The molecule has 2 bridgehead atoms. The molecule has 1 saturated carbocycles. The van der Waals surface area contributed by atoms with Gasteiger partial charge in [-0.3, -0.25) is 4.90 Å². The second kappa shape index (κ2) is 11.0. The second-order valence-corrected chi connectivity index (χ2v) is 9.98. The summed E-state index contributed by atoms with van der Waals surface area (Å²) in [5.41, 5.74) is 3.58. The average molecular weight is 502 g/mol. The molecule has 9 heteroatoms. The van der Waals surface area contributed by atoms with E-state index in [1.807, 2.05) is 6.07 Å². The van der Waals surface area contributed by atoms with Gasteiger partial charge < -0.3 is 29.6 Å². The molecule has 2 aliphatic carbocycles. The normalized spacial score (nSPS) is 26.4. The second-order valence-electron chi connectivity index (χ2n) is 9.98. The van der Waals surface area contributed by atoms with Gasteiger partial charge in [-0.05, 0) is 73.5 Å². The van der Waals surface area contributed by atoms with Crippen LogP contribution < -0.4 is 4.74 Å². The number of carboxylic acid groups (broad SMARTS) is 2. The van der Waals surface area contributed by atoms with Gasteiger partial charge in [-0.15, -0.1) is 0 Å². The Kier molecular flexibility index (Phi) is 8.02. The van der Waals surface area contributed by atoms with Crippen molar-refractivity contribution in [3.05, 3.63) is 53.5 Å². The topological polar surface area (TPSA) is 141 Å². The van der Waals surface area contributed by atoms with E-state index in [0.717, 1.165) is 30.4 Å². The van der Waals surface area contributed by atoms with Crippen LogP contribution in [0, 0.1) is 5.92 Å². The quantitative estimate of drug-likeness (QED) is 0.450. The van der Waals surface area contributed by atoms with Gasteiger partial charge >= 0.3 is 11.9 Å². The molecule has 0 amide bonds. The number of carbonyl (C=O) groups is 2. The summed E-state index contributed by atoms with van der Waals surface area (Å²) in [6, 6.07) is 11.7. The number of hydrogen-bond donors (Lipinski definition) is 4. The smallest absolute Gasteiger partial charge is 0.335 e. The van der Waals surface area contributed by atoms with Crippen LogP contribution in [0.1, 0.15) is 49.0 Å². The van der Waals surface area contributed by atoms with Crippen molar-refractivity contribution in [1.82, 2.24) is 4.90 Å². The van der Waals surface area contributed by atoms with Gasteiger partial charge in [-0.1, -0.05) is 18.9 Å². The minimum absolute atomic E-state index is 0.395. The molecule has 1 saturated heterocycles. The Hall–Kier alpha value is -2.88. The molecule has 9 nitrogen and oxygen atoms in total. The van der Waals surface area contributed by atoms with Crippen LogP contribution in [0.15, 0.2) is 41.0 Å². The molecule has 1 aliphatic heterocycles. The van der Waals surface area contributed by atoms with E-state index in [1.54, 1.807) is 24.5 Å². The number of fused-ring (bicyclic) bond motifs is 1. The maximum atomic E-state index is 9.77. The number of furan rings is 1. The Bertz CT molecular complexity index is 1040. The van der Waals surface area contributed by atoms with Crippen LogP contribution in [-0.2, 0) is 27.8 Å². The van der Waals surface area contributed by atoms with Crippen molar-refractivity contribution in [3.8, 4) is 5.75 Å². The number of ether oxygens (including phenoxy) is 1. The molecular formula is C27H35NO8. The third kappa shape index (κ3) is 5.14. The number of likely N-dealkylation sites (tertiary alicyclic amines) is 1. The Morgan fingerprint density at radius 2 is 1.89 bits per heavy atom. The molecule has 0 spiro atoms. The molecule has 3 aliphatic rings. The van der Waals surface area contributed by atoms with Crippen LogP contribution in [0.3, 0.4) is 0 Å². The molecule has 5 rings (SSSR count). The van der Waals surface area contributed by atoms with Crippen LogP contribution in [0.25, 0.3) is 0 Å². The minimum atomic E-state index is -2.27. The molecule has 1 aromatic carbocycles. The van der Waals surface area contributed by atoms with Crippen LogP contribution >= 0.6 is 0 Å². The lowest BCUT2D eigenvalue weighted by molar-refractivity contribution is -0.165. The van der Waals surface area contributed by atoms with E-state index in [0.29, 0.717) is 11.5 Å². The van der Waals surface area contributed by atoms with Crippen LogP contribution in [0.4, 0.5) is 0 Å². The largest absolute Gasteiger partial charge is 0.497 e. The lowest BCUT2D eigenvalue weighted by Crippen LogP contribution is -2.61. The Labute approximate surface area is 210 Å². The first kappa shape index (κ1) is 26.2. The third-order valence-electron chi connectivity index (χ3n) is 8.19. The van der Waals surface area contributed by atoms with Crippen molar-refractivity contribution in [3.63, 3.8) is 0 Å². The predicted octanol–water partition coefficient (Wildman–Crippen LogP) is 2.47. The van der Waals surface area contributed by atoms with Crippen molar-refractivity contribution in [2.24, 2.45) is 5.92 Å². The molecule has 1 aromatic heterocycles. The van der Waals surface area contributed by atoms with Crippen molar-refractivity contribution < 1.29 is 39.2 Å². The minimum Gasteiger partial charge on any atom is -0.497 e. The van der Waals surface area contributed by atoms with Gasteiger partial charge in [0.25, 0.3) is 0 Å². The molecule has 2 aromatic rings. The maximum absolute atomic E-state index is 9.77. The van der Waals surface area contributed by atoms with Gasteiger partial charge in [0, 0.05) is 24.4 Å². The first-order valence-corrected chi connectivity index (χ1v) is 12.5. The summed E-state index contributed by atoms with van der Waals surface area (Å²) in [6.45, 7) is 2.34. The number of hydrogen-bond acceptors (Lipinski definition) is 7. The zero-order chi connectivity index (χ0) is 25.9. The highest BCUT2D eigenvalue weighted by atomic mass is 16.5. The molecule has 2 fully saturated rings. The predicted molar refractivity (Wildman–Crippen MR) is 130 cm³/mol. The molecule has 196 valence electrons. The third-order valence-corrected chi connectivity index (χ3v) is 8.19. The van der Waals surface area contributed by atoms with Crippen molar-refractivity contribution >= 4 is 11.9 Å². The van der Waals surface area contributed by atoms with Crippen molar-refractivity contribution in [1.29, 1.82) is 0 Å². The number of aliphatic hydroxyl groups is 2. The molecule has 5 atom stereocenters. The number of rotatable bonds is 7. The summed E-state index contributed by atoms with van der Waals surface area (Å²) >= 11 is 0. The number of methoxy groups -OCH3 is 1. The Balaban J connectivity index is 0.000000261.